The maximum Gasteiger partial charge on any atom is 0.319 e. The standard InChI is InChI=1S/C21H21ClN4O2S/c1-13-19(20(27)26(25(13)2)15-6-4-3-5-7-15)24-21(28)23-17-10-11-29-18-9-8-14(22)12-16(17)18/h3-9,12,17H,10-11H2,1-2H3,(H2,23,24,28). The zero-order chi connectivity index (χ0) is 20.5. The Morgan fingerprint density at radius 3 is 2.72 bits per heavy atom. The molecule has 4 rings (SSSR count). The van der Waals surface area contributed by atoms with Gasteiger partial charge in [-0.2, -0.15) is 0 Å². The van der Waals surface area contributed by atoms with Crippen LogP contribution in [0.1, 0.15) is 23.7 Å². The second kappa shape index (κ2) is 8.00. The van der Waals surface area contributed by atoms with Crippen molar-refractivity contribution in [3.63, 3.8) is 0 Å². The van der Waals surface area contributed by atoms with Gasteiger partial charge in [0.1, 0.15) is 5.69 Å². The fourth-order valence-electron chi connectivity index (χ4n) is 3.54. The molecule has 1 atom stereocenters. The normalized spacial score (nSPS) is 15.6. The summed E-state index contributed by atoms with van der Waals surface area (Å²) in [6, 6.07) is 14.5. The summed E-state index contributed by atoms with van der Waals surface area (Å²) in [4.78, 5) is 26.8. The summed E-state index contributed by atoms with van der Waals surface area (Å²) in [6.45, 7) is 1.81. The molecular formula is C21H21ClN4O2S. The van der Waals surface area contributed by atoms with Crippen LogP contribution in [0.25, 0.3) is 5.69 Å². The first-order valence-corrected chi connectivity index (χ1v) is 10.7. The minimum absolute atomic E-state index is 0.148. The van der Waals surface area contributed by atoms with E-state index >= 15 is 0 Å². The number of nitrogens with one attached hydrogen (secondary N) is 2. The predicted molar refractivity (Wildman–Crippen MR) is 117 cm³/mol. The summed E-state index contributed by atoms with van der Waals surface area (Å²) >= 11 is 7.90. The SMILES string of the molecule is Cc1c(NC(=O)NC2CCSc3ccc(Cl)cc32)c(=O)n(-c2ccccc2)n1C. The van der Waals surface area contributed by atoms with E-state index in [1.807, 2.05) is 55.5 Å². The highest BCUT2D eigenvalue weighted by molar-refractivity contribution is 7.99. The average Bonchev–Trinajstić information content (AvgIpc) is 2.92. The third-order valence-electron chi connectivity index (χ3n) is 5.11. The molecule has 0 aliphatic carbocycles. The van der Waals surface area contributed by atoms with Crippen LogP contribution >= 0.6 is 23.4 Å². The van der Waals surface area contributed by atoms with Crippen molar-refractivity contribution < 1.29 is 4.79 Å². The van der Waals surface area contributed by atoms with Crippen molar-refractivity contribution in [3.8, 4) is 5.69 Å². The van der Waals surface area contributed by atoms with Crippen LogP contribution < -0.4 is 16.2 Å². The molecule has 29 heavy (non-hydrogen) atoms. The fourth-order valence-corrected chi connectivity index (χ4v) is 4.82. The van der Waals surface area contributed by atoms with Crippen molar-refractivity contribution in [2.45, 2.75) is 24.3 Å². The number of carbonyl (C=O) groups is 1. The molecule has 1 aliphatic heterocycles. The van der Waals surface area contributed by atoms with E-state index in [1.165, 1.54) is 4.68 Å². The van der Waals surface area contributed by atoms with Gasteiger partial charge in [-0.3, -0.25) is 9.48 Å². The summed E-state index contributed by atoms with van der Waals surface area (Å²) in [5.74, 6) is 0.907. The number of halogens is 1. The molecule has 0 radical (unpaired) electrons. The lowest BCUT2D eigenvalue weighted by atomic mass is 10.0. The Morgan fingerprint density at radius 2 is 1.97 bits per heavy atom. The number of rotatable bonds is 3. The Balaban J connectivity index is 1.58. The van der Waals surface area contributed by atoms with Crippen LogP contribution in [0.5, 0.6) is 0 Å². The van der Waals surface area contributed by atoms with Gasteiger partial charge in [0, 0.05) is 22.7 Å². The Bertz CT molecular complexity index is 1120. The molecule has 6 nitrogen and oxygen atoms in total. The first-order chi connectivity index (χ1) is 14.0. The number of urea groups is 1. The van der Waals surface area contributed by atoms with E-state index in [0.717, 1.165) is 28.3 Å². The molecule has 8 heteroatoms. The molecule has 2 N–H and O–H groups in total. The average molecular weight is 429 g/mol. The predicted octanol–water partition coefficient (Wildman–Crippen LogP) is 4.50. The zero-order valence-corrected chi connectivity index (χ0v) is 17.7. The smallest absolute Gasteiger partial charge is 0.319 e. The number of carbonyl (C=O) groups excluding carboxylic acids is 1. The number of nitrogens with zero attached hydrogens (tertiary/aromatic N) is 2. The van der Waals surface area contributed by atoms with E-state index in [0.29, 0.717) is 10.7 Å². The number of hydrogen-bond donors (Lipinski definition) is 2. The van der Waals surface area contributed by atoms with Gasteiger partial charge in [0.15, 0.2) is 0 Å². The van der Waals surface area contributed by atoms with Crippen molar-refractivity contribution in [2.75, 3.05) is 11.1 Å². The lowest BCUT2D eigenvalue weighted by Gasteiger charge is -2.26. The summed E-state index contributed by atoms with van der Waals surface area (Å²) in [7, 11) is 1.80. The number of fused-ring (bicyclic) bond motifs is 1. The van der Waals surface area contributed by atoms with Gasteiger partial charge >= 0.3 is 6.03 Å². The maximum absolute atomic E-state index is 13.0. The number of anilines is 1. The van der Waals surface area contributed by atoms with E-state index < -0.39 is 6.03 Å². The fraction of sp³-hybridized carbons (Fsp3) is 0.238. The molecule has 0 spiro atoms. The molecule has 2 amide bonds. The van der Waals surface area contributed by atoms with Gasteiger partial charge in [0.25, 0.3) is 5.56 Å². The van der Waals surface area contributed by atoms with Crippen LogP contribution in [0.4, 0.5) is 10.5 Å². The minimum Gasteiger partial charge on any atom is -0.331 e. The number of benzene rings is 2. The van der Waals surface area contributed by atoms with Crippen molar-refractivity contribution in [2.24, 2.45) is 7.05 Å². The van der Waals surface area contributed by atoms with E-state index in [2.05, 4.69) is 10.6 Å². The summed E-state index contributed by atoms with van der Waals surface area (Å²) in [5, 5.41) is 6.39. The Hall–Kier alpha value is -2.64. The molecule has 1 aliphatic rings. The van der Waals surface area contributed by atoms with Gasteiger partial charge in [-0.15, -0.1) is 11.8 Å². The number of amides is 2. The molecule has 2 aromatic carbocycles. The molecule has 0 saturated heterocycles. The lowest BCUT2D eigenvalue weighted by Crippen LogP contribution is -2.35. The van der Waals surface area contributed by atoms with Gasteiger partial charge < -0.3 is 10.6 Å². The quantitative estimate of drug-likeness (QED) is 0.645. The maximum atomic E-state index is 13.0. The van der Waals surface area contributed by atoms with Crippen LogP contribution in [-0.2, 0) is 7.05 Å². The number of aromatic nitrogens is 2. The minimum atomic E-state index is -0.404. The number of para-hydroxylation sites is 1. The highest BCUT2D eigenvalue weighted by Gasteiger charge is 2.24. The van der Waals surface area contributed by atoms with Gasteiger partial charge in [-0.25, -0.2) is 9.48 Å². The molecule has 0 saturated carbocycles. The summed E-state index contributed by atoms with van der Waals surface area (Å²) < 4.78 is 3.27. The lowest BCUT2D eigenvalue weighted by molar-refractivity contribution is 0.248. The second-order valence-electron chi connectivity index (χ2n) is 6.91. The van der Waals surface area contributed by atoms with Gasteiger partial charge in [-0.05, 0) is 49.2 Å². The molecule has 150 valence electrons. The molecular weight excluding hydrogens is 408 g/mol. The first-order valence-electron chi connectivity index (χ1n) is 9.29. The van der Waals surface area contributed by atoms with E-state index in [1.54, 1.807) is 23.5 Å². The first kappa shape index (κ1) is 19.7. The number of thioether (sulfide) groups is 1. The monoisotopic (exact) mass is 428 g/mol. The van der Waals surface area contributed by atoms with Crippen molar-refractivity contribution in [1.82, 2.24) is 14.7 Å². The van der Waals surface area contributed by atoms with Gasteiger partial charge in [0.2, 0.25) is 0 Å². The van der Waals surface area contributed by atoms with E-state index in [4.69, 9.17) is 11.6 Å². The Kier molecular flexibility index (Phi) is 5.43. The highest BCUT2D eigenvalue weighted by Crippen LogP contribution is 2.37. The third-order valence-corrected chi connectivity index (χ3v) is 6.47. The number of hydrogen-bond acceptors (Lipinski definition) is 3. The molecule has 2 heterocycles. The van der Waals surface area contributed by atoms with Crippen LogP contribution in [0.2, 0.25) is 5.02 Å². The van der Waals surface area contributed by atoms with Crippen molar-refractivity contribution in [3.05, 3.63) is 75.2 Å². The largest absolute Gasteiger partial charge is 0.331 e. The second-order valence-corrected chi connectivity index (χ2v) is 8.48. The third kappa shape index (κ3) is 3.80. The van der Waals surface area contributed by atoms with Crippen LogP contribution in [0.3, 0.4) is 0 Å². The van der Waals surface area contributed by atoms with Gasteiger partial charge in [-0.1, -0.05) is 29.8 Å². The molecule has 1 unspecified atom stereocenters. The van der Waals surface area contributed by atoms with Crippen LogP contribution in [0.15, 0.2) is 58.2 Å². The van der Waals surface area contributed by atoms with E-state index in [-0.39, 0.29) is 17.3 Å². The van der Waals surface area contributed by atoms with Crippen molar-refractivity contribution >= 4 is 35.1 Å². The summed E-state index contributed by atoms with van der Waals surface area (Å²) in [5.41, 5.74) is 2.43. The molecule has 0 fully saturated rings. The molecule has 3 aromatic rings. The van der Waals surface area contributed by atoms with Gasteiger partial charge in [0.05, 0.1) is 17.4 Å². The molecule has 0 bridgehead atoms. The zero-order valence-electron chi connectivity index (χ0n) is 16.1. The Labute approximate surface area is 177 Å². The van der Waals surface area contributed by atoms with E-state index in [9.17, 15) is 9.59 Å². The highest BCUT2D eigenvalue weighted by atomic mass is 35.5. The summed E-state index contributed by atoms with van der Waals surface area (Å²) in [6.07, 6.45) is 0.799. The Morgan fingerprint density at radius 1 is 1.21 bits per heavy atom. The van der Waals surface area contributed by atoms with Crippen LogP contribution in [-0.4, -0.2) is 21.1 Å². The van der Waals surface area contributed by atoms with Crippen LogP contribution in [0, 0.1) is 6.92 Å². The topological polar surface area (TPSA) is 68.1 Å². The molecule has 1 aromatic heterocycles. The van der Waals surface area contributed by atoms with Crippen molar-refractivity contribution in [1.29, 1.82) is 0 Å².